The summed E-state index contributed by atoms with van der Waals surface area (Å²) in [7, 11) is 0. The fourth-order valence-electron chi connectivity index (χ4n) is 1.57. The third-order valence-corrected chi connectivity index (χ3v) is 2.70. The maximum Gasteiger partial charge on any atom is 0.110 e. The van der Waals surface area contributed by atoms with E-state index < -0.39 is 0 Å². The molecule has 1 aromatic heterocycles. The second-order valence-corrected chi connectivity index (χ2v) is 4.35. The maximum atomic E-state index is 5.95. The van der Waals surface area contributed by atoms with Crippen LogP contribution in [0.5, 0.6) is 0 Å². The molecule has 2 aromatic rings. The number of aromatic nitrogens is 2. The smallest absolute Gasteiger partial charge is 0.110 e. The van der Waals surface area contributed by atoms with Gasteiger partial charge in [-0.05, 0) is 25.1 Å². The third kappa shape index (κ3) is 2.21. The number of halogens is 2. The zero-order valence-electron chi connectivity index (χ0n) is 8.74. The molecule has 84 valence electrons. The van der Waals surface area contributed by atoms with Gasteiger partial charge >= 0.3 is 0 Å². The van der Waals surface area contributed by atoms with E-state index in [4.69, 9.17) is 28.9 Å². The van der Waals surface area contributed by atoms with Gasteiger partial charge in [-0.2, -0.15) is 0 Å². The van der Waals surface area contributed by atoms with Gasteiger partial charge in [-0.25, -0.2) is 4.98 Å². The molecule has 0 unspecified atom stereocenters. The molecule has 0 saturated carbocycles. The Kier molecular flexibility index (Phi) is 3.19. The minimum absolute atomic E-state index is 0.419. The molecule has 0 amide bonds. The fraction of sp³-hybridized carbons (Fsp3) is 0.182. The second kappa shape index (κ2) is 4.45. The van der Waals surface area contributed by atoms with Gasteiger partial charge < -0.3 is 10.3 Å². The lowest BCUT2D eigenvalue weighted by Crippen LogP contribution is -1.96. The highest BCUT2D eigenvalue weighted by Gasteiger charge is 2.06. The number of nitrogens with two attached hydrogens (primary N) is 1. The predicted molar refractivity (Wildman–Crippen MR) is 66.2 cm³/mol. The van der Waals surface area contributed by atoms with Crippen LogP contribution in [-0.4, -0.2) is 9.55 Å². The summed E-state index contributed by atoms with van der Waals surface area (Å²) in [5.74, 6) is 0.860. The van der Waals surface area contributed by atoms with E-state index >= 15 is 0 Å². The number of benzene rings is 1. The van der Waals surface area contributed by atoms with E-state index in [0.29, 0.717) is 16.6 Å². The zero-order valence-corrected chi connectivity index (χ0v) is 10.3. The highest BCUT2D eigenvalue weighted by atomic mass is 35.5. The number of imidazole rings is 1. The van der Waals surface area contributed by atoms with Gasteiger partial charge in [-0.3, -0.25) is 0 Å². The molecule has 0 saturated heterocycles. The first-order valence-corrected chi connectivity index (χ1v) is 5.57. The van der Waals surface area contributed by atoms with E-state index in [1.54, 1.807) is 6.07 Å². The molecule has 1 aromatic carbocycles. The molecular formula is C11H11Cl2N3. The van der Waals surface area contributed by atoms with Crippen molar-refractivity contribution in [2.45, 2.75) is 13.5 Å². The van der Waals surface area contributed by atoms with E-state index in [-0.39, 0.29) is 0 Å². The van der Waals surface area contributed by atoms with Crippen LogP contribution < -0.4 is 5.73 Å². The molecule has 0 fully saturated rings. The Morgan fingerprint density at radius 2 is 1.88 bits per heavy atom. The van der Waals surface area contributed by atoms with Crippen LogP contribution in [-0.2, 0) is 6.54 Å². The SMILES string of the molecule is Cc1nc(CN)cn1-c1cc(Cl)cc(Cl)c1. The average molecular weight is 256 g/mol. The van der Waals surface area contributed by atoms with Crippen molar-refractivity contribution in [1.82, 2.24) is 9.55 Å². The van der Waals surface area contributed by atoms with Gasteiger partial charge in [0, 0.05) is 28.5 Å². The highest BCUT2D eigenvalue weighted by molar-refractivity contribution is 6.34. The number of rotatable bonds is 2. The van der Waals surface area contributed by atoms with Crippen molar-refractivity contribution in [2.24, 2.45) is 5.73 Å². The van der Waals surface area contributed by atoms with Gasteiger partial charge in [0.15, 0.2) is 0 Å². The minimum atomic E-state index is 0.419. The topological polar surface area (TPSA) is 43.8 Å². The summed E-state index contributed by atoms with van der Waals surface area (Å²) in [6.45, 7) is 2.33. The van der Waals surface area contributed by atoms with E-state index in [2.05, 4.69) is 4.98 Å². The van der Waals surface area contributed by atoms with Crippen LogP contribution in [0.15, 0.2) is 24.4 Å². The Hall–Kier alpha value is -1.03. The average Bonchev–Trinajstić information content (AvgIpc) is 2.58. The van der Waals surface area contributed by atoms with Crippen molar-refractivity contribution in [3.05, 3.63) is 46.0 Å². The van der Waals surface area contributed by atoms with E-state index in [1.165, 1.54) is 0 Å². The first-order valence-electron chi connectivity index (χ1n) is 4.81. The largest absolute Gasteiger partial charge is 0.325 e. The lowest BCUT2D eigenvalue weighted by atomic mass is 10.3. The molecule has 0 aliphatic rings. The summed E-state index contributed by atoms with van der Waals surface area (Å²) in [6, 6.07) is 5.37. The van der Waals surface area contributed by atoms with E-state index in [1.807, 2.05) is 29.8 Å². The number of hydrogen-bond acceptors (Lipinski definition) is 2. The molecule has 0 spiro atoms. The van der Waals surface area contributed by atoms with Crippen LogP contribution in [0.4, 0.5) is 0 Å². The molecule has 0 aliphatic heterocycles. The molecule has 0 aliphatic carbocycles. The molecular weight excluding hydrogens is 245 g/mol. The summed E-state index contributed by atoms with van der Waals surface area (Å²) >= 11 is 11.9. The molecule has 0 bridgehead atoms. The second-order valence-electron chi connectivity index (χ2n) is 3.48. The summed E-state index contributed by atoms with van der Waals surface area (Å²) < 4.78 is 1.92. The van der Waals surface area contributed by atoms with Gasteiger partial charge in [-0.15, -0.1) is 0 Å². The summed E-state index contributed by atoms with van der Waals surface area (Å²) in [5.41, 5.74) is 7.27. The normalized spacial score (nSPS) is 10.8. The molecule has 2 rings (SSSR count). The Balaban J connectivity index is 2.53. The standard InChI is InChI=1S/C11H11Cl2N3/c1-7-15-10(5-14)6-16(7)11-3-8(12)2-9(13)4-11/h2-4,6H,5,14H2,1H3. The van der Waals surface area contributed by atoms with Crippen molar-refractivity contribution < 1.29 is 0 Å². The fourth-order valence-corrected chi connectivity index (χ4v) is 2.09. The van der Waals surface area contributed by atoms with E-state index in [0.717, 1.165) is 17.2 Å². The van der Waals surface area contributed by atoms with Crippen molar-refractivity contribution in [1.29, 1.82) is 0 Å². The first kappa shape index (κ1) is 11.5. The van der Waals surface area contributed by atoms with Crippen molar-refractivity contribution in [3.8, 4) is 5.69 Å². The Morgan fingerprint density at radius 3 is 2.38 bits per heavy atom. The van der Waals surface area contributed by atoms with Crippen LogP contribution in [0, 0.1) is 6.92 Å². The van der Waals surface area contributed by atoms with Crippen molar-refractivity contribution in [2.75, 3.05) is 0 Å². The molecule has 16 heavy (non-hydrogen) atoms. The monoisotopic (exact) mass is 255 g/mol. The number of nitrogens with zero attached hydrogens (tertiary/aromatic N) is 2. The van der Waals surface area contributed by atoms with Gasteiger partial charge in [-0.1, -0.05) is 23.2 Å². The van der Waals surface area contributed by atoms with Gasteiger partial charge in [0.2, 0.25) is 0 Å². The first-order chi connectivity index (χ1) is 7.60. The minimum Gasteiger partial charge on any atom is -0.325 e. The van der Waals surface area contributed by atoms with Crippen molar-refractivity contribution in [3.63, 3.8) is 0 Å². The van der Waals surface area contributed by atoms with Gasteiger partial charge in [0.1, 0.15) is 5.82 Å². The number of aryl methyl sites for hydroxylation is 1. The highest BCUT2D eigenvalue weighted by Crippen LogP contribution is 2.22. The third-order valence-electron chi connectivity index (χ3n) is 2.27. The molecule has 2 N–H and O–H groups in total. The van der Waals surface area contributed by atoms with Gasteiger partial charge in [0.25, 0.3) is 0 Å². The lowest BCUT2D eigenvalue weighted by molar-refractivity contribution is 0.969. The lowest BCUT2D eigenvalue weighted by Gasteiger charge is -2.05. The van der Waals surface area contributed by atoms with Crippen LogP contribution in [0.2, 0.25) is 10.0 Å². The molecule has 0 atom stereocenters. The summed E-state index contributed by atoms with van der Waals surface area (Å²) in [4.78, 5) is 4.32. The van der Waals surface area contributed by atoms with Crippen LogP contribution in [0.3, 0.4) is 0 Å². The zero-order chi connectivity index (χ0) is 11.7. The van der Waals surface area contributed by atoms with Crippen molar-refractivity contribution >= 4 is 23.2 Å². The Morgan fingerprint density at radius 1 is 1.25 bits per heavy atom. The van der Waals surface area contributed by atoms with Crippen LogP contribution in [0.1, 0.15) is 11.5 Å². The maximum absolute atomic E-state index is 5.95. The molecule has 1 heterocycles. The quantitative estimate of drug-likeness (QED) is 0.897. The Bertz CT molecular complexity index is 500. The number of hydrogen-bond donors (Lipinski definition) is 1. The summed E-state index contributed by atoms with van der Waals surface area (Å²) in [6.07, 6.45) is 1.89. The van der Waals surface area contributed by atoms with Crippen LogP contribution in [0.25, 0.3) is 5.69 Å². The molecule has 5 heteroatoms. The Labute approximate surface area is 104 Å². The summed E-state index contributed by atoms with van der Waals surface area (Å²) in [5, 5.41) is 1.20. The molecule has 0 radical (unpaired) electrons. The van der Waals surface area contributed by atoms with Gasteiger partial charge in [0.05, 0.1) is 5.69 Å². The predicted octanol–water partition coefficient (Wildman–Crippen LogP) is 2.95. The molecule has 3 nitrogen and oxygen atoms in total. The van der Waals surface area contributed by atoms with Crippen LogP contribution >= 0.6 is 23.2 Å². The van der Waals surface area contributed by atoms with E-state index in [9.17, 15) is 0 Å².